The molecule has 0 aromatic carbocycles. The Kier molecular flexibility index (Phi) is 3.47. The summed E-state index contributed by atoms with van der Waals surface area (Å²) in [4.78, 5) is 11.7. The molecule has 1 aromatic heterocycles. The Morgan fingerprint density at radius 3 is 2.85 bits per heavy atom. The first-order chi connectivity index (χ1) is 5.77. The quantitative estimate of drug-likeness (QED) is 0.588. The summed E-state index contributed by atoms with van der Waals surface area (Å²) in [6.07, 6.45) is 1.70. The summed E-state index contributed by atoms with van der Waals surface area (Å²) in [5, 5.41) is 3.41. The lowest BCUT2D eigenvalue weighted by atomic mass is 10.4. The fraction of sp³-hybridized carbons (Fsp3) is 0.167. The van der Waals surface area contributed by atoms with Crippen LogP contribution in [-0.4, -0.2) is 22.7 Å². The summed E-state index contributed by atoms with van der Waals surface area (Å²) in [7, 11) is 0. The predicted molar refractivity (Wildman–Crippen MR) is 59.0 cm³/mol. The van der Waals surface area contributed by atoms with Crippen LogP contribution >= 0.6 is 40.2 Å². The van der Waals surface area contributed by atoms with E-state index in [1.807, 2.05) is 0 Å². The zero-order valence-corrected chi connectivity index (χ0v) is 9.52. The number of hydrogen-bond donors (Lipinski definition) is 1. The molecule has 0 radical (unpaired) electrons. The number of aliphatic imine (C=N–C) groups is 1. The SMILES string of the molecule is Br.Clc1nc(Cl)c2c(n1)N=CCN2. The van der Waals surface area contributed by atoms with Gasteiger partial charge in [-0.2, -0.15) is 4.98 Å². The molecule has 1 N–H and O–H groups in total. The molecule has 0 aliphatic carbocycles. The molecule has 4 nitrogen and oxygen atoms in total. The van der Waals surface area contributed by atoms with E-state index in [1.165, 1.54) is 0 Å². The van der Waals surface area contributed by atoms with E-state index in [2.05, 4.69) is 20.3 Å². The fourth-order valence-electron chi connectivity index (χ4n) is 0.923. The molecule has 0 saturated carbocycles. The summed E-state index contributed by atoms with van der Waals surface area (Å²) in [5.41, 5.74) is 0.642. The molecule has 7 heteroatoms. The van der Waals surface area contributed by atoms with E-state index in [4.69, 9.17) is 23.2 Å². The zero-order valence-electron chi connectivity index (χ0n) is 6.29. The van der Waals surface area contributed by atoms with Crippen molar-refractivity contribution in [3.8, 4) is 0 Å². The molecule has 13 heavy (non-hydrogen) atoms. The van der Waals surface area contributed by atoms with E-state index in [1.54, 1.807) is 6.21 Å². The molecule has 1 aromatic rings. The highest BCUT2D eigenvalue weighted by Gasteiger charge is 2.12. The number of fused-ring (bicyclic) bond motifs is 1. The van der Waals surface area contributed by atoms with Gasteiger partial charge in [0, 0.05) is 6.21 Å². The van der Waals surface area contributed by atoms with Crippen molar-refractivity contribution in [2.75, 3.05) is 11.9 Å². The van der Waals surface area contributed by atoms with Gasteiger partial charge in [-0.3, -0.25) is 0 Å². The van der Waals surface area contributed by atoms with Gasteiger partial charge >= 0.3 is 0 Å². The van der Waals surface area contributed by atoms with Crippen LogP contribution in [0.4, 0.5) is 11.5 Å². The first kappa shape index (κ1) is 10.7. The smallest absolute Gasteiger partial charge is 0.225 e. The highest BCUT2D eigenvalue weighted by atomic mass is 79.9. The van der Waals surface area contributed by atoms with Gasteiger partial charge < -0.3 is 5.32 Å². The number of rotatable bonds is 0. The third-order valence-electron chi connectivity index (χ3n) is 1.40. The Morgan fingerprint density at radius 2 is 2.08 bits per heavy atom. The van der Waals surface area contributed by atoms with E-state index in [9.17, 15) is 0 Å². The number of halogens is 3. The molecule has 70 valence electrons. The topological polar surface area (TPSA) is 50.2 Å². The lowest BCUT2D eigenvalue weighted by Gasteiger charge is -2.11. The molecule has 2 heterocycles. The zero-order chi connectivity index (χ0) is 8.55. The normalized spacial score (nSPS) is 12.8. The number of nitrogens with zero attached hydrogens (tertiary/aromatic N) is 3. The number of nitrogens with one attached hydrogen (secondary N) is 1. The fourth-order valence-corrected chi connectivity index (χ4v) is 1.36. The van der Waals surface area contributed by atoms with Gasteiger partial charge in [-0.05, 0) is 11.6 Å². The molecule has 0 bridgehead atoms. The summed E-state index contributed by atoms with van der Waals surface area (Å²) >= 11 is 11.3. The minimum Gasteiger partial charge on any atom is -0.374 e. The molecule has 0 fully saturated rings. The number of anilines is 1. The molecular weight excluding hydrogens is 279 g/mol. The number of hydrogen-bond acceptors (Lipinski definition) is 4. The molecule has 2 rings (SSSR count). The third-order valence-corrected chi connectivity index (χ3v) is 1.84. The highest BCUT2D eigenvalue weighted by Crippen LogP contribution is 2.31. The van der Waals surface area contributed by atoms with Crippen molar-refractivity contribution in [3.05, 3.63) is 10.4 Å². The van der Waals surface area contributed by atoms with Crippen LogP contribution in [0.15, 0.2) is 4.99 Å². The van der Waals surface area contributed by atoms with Crippen molar-refractivity contribution in [1.29, 1.82) is 0 Å². The van der Waals surface area contributed by atoms with Crippen molar-refractivity contribution >= 4 is 57.9 Å². The standard InChI is InChI=1S/C6H4Cl2N4.BrH/c7-4-3-5(10-2-1-9-3)12-6(8)11-4;/h2,9H,1H2;1H. The minimum atomic E-state index is 0. The number of aromatic nitrogens is 2. The van der Waals surface area contributed by atoms with E-state index < -0.39 is 0 Å². The van der Waals surface area contributed by atoms with Gasteiger partial charge in [-0.25, -0.2) is 9.98 Å². The Bertz CT molecular complexity index is 355. The van der Waals surface area contributed by atoms with E-state index in [0.29, 0.717) is 23.2 Å². The van der Waals surface area contributed by atoms with Gasteiger partial charge in [0.1, 0.15) is 5.69 Å². The van der Waals surface area contributed by atoms with Gasteiger partial charge in [0.2, 0.25) is 5.28 Å². The maximum absolute atomic E-state index is 5.78. The van der Waals surface area contributed by atoms with Gasteiger partial charge in [0.25, 0.3) is 0 Å². The average Bonchev–Trinajstić information content (AvgIpc) is 2.04. The van der Waals surface area contributed by atoms with E-state index in [-0.39, 0.29) is 22.3 Å². The van der Waals surface area contributed by atoms with Crippen LogP contribution in [-0.2, 0) is 0 Å². The first-order valence-corrected chi connectivity index (χ1v) is 4.02. The Balaban J connectivity index is 0.000000845. The summed E-state index contributed by atoms with van der Waals surface area (Å²) in [5.74, 6) is 0.492. The van der Waals surface area contributed by atoms with Crippen LogP contribution < -0.4 is 5.32 Å². The Hall–Kier alpha value is -0.390. The first-order valence-electron chi connectivity index (χ1n) is 3.27. The maximum Gasteiger partial charge on any atom is 0.225 e. The molecule has 0 spiro atoms. The predicted octanol–water partition coefficient (Wildman–Crippen LogP) is 2.49. The van der Waals surface area contributed by atoms with E-state index >= 15 is 0 Å². The van der Waals surface area contributed by atoms with Crippen LogP contribution in [0.1, 0.15) is 0 Å². The van der Waals surface area contributed by atoms with Gasteiger partial charge in [0.05, 0.1) is 6.54 Å². The molecular formula is C6H5BrCl2N4. The van der Waals surface area contributed by atoms with Gasteiger partial charge in [-0.1, -0.05) is 11.6 Å². The lowest BCUT2D eigenvalue weighted by molar-refractivity contribution is 1.13. The second kappa shape index (κ2) is 4.21. The van der Waals surface area contributed by atoms with Crippen LogP contribution in [0.5, 0.6) is 0 Å². The van der Waals surface area contributed by atoms with Crippen LogP contribution in [0.2, 0.25) is 10.4 Å². The molecule has 0 saturated heterocycles. The van der Waals surface area contributed by atoms with Gasteiger partial charge in [0.15, 0.2) is 11.0 Å². The van der Waals surface area contributed by atoms with Crippen molar-refractivity contribution in [3.63, 3.8) is 0 Å². The van der Waals surface area contributed by atoms with Crippen molar-refractivity contribution < 1.29 is 0 Å². The van der Waals surface area contributed by atoms with Crippen LogP contribution in [0.3, 0.4) is 0 Å². The minimum absolute atomic E-state index is 0. The Labute approximate surface area is 95.2 Å². The summed E-state index contributed by atoms with van der Waals surface area (Å²) in [6.45, 7) is 0.637. The molecule has 0 atom stereocenters. The van der Waals surface area contributed by atoms with Crippen molar-refractivity contribution in [2.45, 2.75) is 0 Å². The van der Waals surface area contributed by atoms with Crippen LogP contribution in [0.25, 0.3) is 0 Å². The second-order valence-electron chi connectivity index (χ2n) is 2.17. The van der Waals surface area contributed by atoms with Crippen molar-refractivity contribution in [2.24, 2.45) is 4.99 Å². The molecule has 0 amide bonds. The Morgan fingerprint density at radius 1 is 1.31 bits per heavy atom. The van der Waals surface area contributed by atoms with Gasteiger partial charge in [-0.15, -0.1) is 17.0 Å². The third kappa shape index (κ3) is 2.10. The summed E-state index contributed by atoms with van der Waals surface area (Å²) < 4.78 is 0. The van der Waals surface area contributed by atoms with Crippen molar-refractivity contribution in [1.82, 2.24) is 9.97 Å². The average molecular weight is 284 g/mol. The molecule has 0 unspecified atom stereocenters. The maximum atomic E-state index is 5.78. The molecule has 1 aliphatic heterocycles. The molecule has 1 aliphatic rings. The second-order valence-corrected chi connectivity index (χ2v) is 2.87. The lowest BCUT2D eigenvalue weighted by Crippen LogP contribution is -2.09. The largest absolute Gasteiger partial charge is 0.374 e. The summed E-state index contributed by atoms with van der Waals surface area (Å²) in [6, 6.07) is 0. The van der Waals surface area contributed by atoms with E-state index in [0.717, 1.165) is 0 Å². The monoisotopic (exact) mass is 282 g/mol. The van der Waals surface area contributed by atoms with Crippen LogP contribution in [0, 0.1) is 0 Å². The highest BCUT2D eigenvalue weighted by molar-refractivity contribution is 8.93.